The summed E-state index contributed by atoms with van der Waals surface area (Å²) in [5, 5.41) is 0. The van der Waals surface area contributed by atoms with E-state index in [1.807, 2.05) is 6.07 Å². The fourth-order valence-corrected chi connectivity index (χ4v) is 3.71. The van der Waals surface area contributed by atoms with Crippen molar-refractivity contribution in [2.75, 3.05) is 26.7 Å². The van der Waals surface area contributed by atoms with Crippen molar-refractivity contribution in [1.82, 2.24) is 9.80 Å². The van der Waals surface area contributed by atoms with E-state index in [2.05, 4.69) is 40.8 Å². The maximum atomic E-state index is 12.6. The number of esters is 1. The van der Waals surface area contributed by atoms with Crippen LogP contribution in [0, 0.1) is 0 Å². The SMILES string of the molecule is CCN(CCCCCN1C(=O)c2ccc(C(=O)OC)cc2C1=O)Cc1ccccc1.Cl. The van der Waals surface area contributed by atoms with Crippen molar-refractivity contribution in [3.8, 4) is 0 Å². The number of rotatable bonds is 10. The van der Waals surface area contributed by atoms with Gasteiger partial charge >= 0.3 is 5.97 Å². The van der Waals surface area contributed by atoms with Gasteiger partial charge in [-0.25, -0.2) is 4.79 Å². The second-order valence-electron chi connectivity index (χ2n) is 7.43. The van der Waals surface area contributed by atoms with Gasteiger partial charge in [0.2, 0.25) is 0 Å². The number of unbranched alkanes of at least 4 members (excludes halogenated alkanes) is 2. The van der Waals surface area contributed by atoms with Gasteiger partial charge in [-0.3, -0.25) is 19.4 Å². The Morgan fingerprint density at radius 1 is 0.968 bits per heavy atom. The quantitative estimate of drug-likeness (QED) is 0.312. The van der Waals surface area contributed by atoms with Gasteiger partial charge in [0.25, 0.3) is 11.8 Å². The van der Waals surface area contributed by atoms with Gasteiger partial charge in [-0.2, -0.15) is 0 Å². The van der Waals surface area contributed by atoms with E-state index in [-0.39, 0.29) is 35.3 Å². The van der Waals surface area contributed by atoms with Gasteiger partial charge in [-0.15, -0.1) is 12.4 Å². The molecular weight excluding hydrogens is 416 g/mol. The second kappa shape index (κ2) is 11.6. The van der Waals surface area contributed by atoms with Crippen LogP contribution in [0.25, 0.3) is 0 Å². The summed E-state index contributed by atoms with van der Waals surface area (Å²) < 4.78 is 4.69. The third kappa shape index (κ3) is 5.93. The van der Waals surface area contributed by atoms with E-state index >= 15 is 0 Å². The summed E-state index contributed by atoms with van der Waals surface area (Å²) in [5.41, 5.74) is 2.21. The molecule has 1 aliphatic rings. The summed E-state index contributed by atoms with van der Waals surface area (Å²) in [4.78, 5) is 40.6. The molecule has 7 heteroatoms. The van der Waals surface area contributed by atoms with E-state index in [0.717, 1.165) is 38.9 Å². The molecule has 2 aromatic rings. The lowest BCUT2D eigenvalue weighted by atomic mass is 10.1. The number of carbonyl (C=O) groups excluding carboxylic acids is 3. The van der Waals surface area contributed by atoms with E-state index in [4.69, 9.17) is 0 Å². The standard InChI is InChI=1S/C24H28N2O4.ClH/c1-3-25(17-18-10-6-4-7-11-18)14-8-5-9-15-26-22(27)20-13-12-19(24(29)30-2)16-21(20)23(26)28;/h4,6-7,10-13,16H,3,5,8-9,14-15,17H2,1-2H3;1H. The van der Waals surface area contributed by atoms with E-state index in [1.165, 1.54) is 35.8 Å². The third-order valence-electron chi connectivity index (χ3n) is 5.44. The van der Waals surface area contributed by atoms with Gasteiger partial charge in [0, 0.05) is 13.1 Å². The predicted octanol–water partition coefficient (Wildman–Crippen LogP) is 4.18. The molecule has 0 N–H and O–H groups in total. The van der Waals surface area contributed by atoms with Gasteiger partial charge < -0.3 is 4.74 Å². The molecule has 0 atom stereocenters. The van der Waals surface area contributed by atoms with Crippen molar-refractivity contribution in [2.24, 2.45) is 0 Å². The molecule has 0 aliphatic carbocycles. The molecule has 0 unspecified atom stereocenters. The summed E-state index contributed by atoms with van der Waals surface area (Å²) in [7, 11) is 1.29. The summed E-state index contributed by atoms with van der Waals surface area (Å²) >= 11 is 0. The molecule has 1 aliphatic heterocycles. The molecule has 0 bridgehead atoms. The minimum absolute atomic E-state index is 0. The van der Waals surface area contributed by atoms with E-state index in [0.29, 0.717) is 12.1 Å². The molecule has 31 heavy (non-hydrogen) atoms. The number of carbonyl (C=O) groups is 3. The molecule has 0 radical (unpaired) electrons. The predicted molar refractivity (Wildman–Crippen MR) is 122 cm³/mol. The molecule has 2 aromatic carbocycles. The summed E-state index contributed by atoms with van der Waals surface area (Å²) in [5.74, 6) is -1.14. The molecule has 0 spiro atoms. The number of methoxy groups -OCH3 is 1. The van der Waals surface area contributed by atoms with Crippen molar-refractivity contribution < 1.29 is 19.1 Å². The topological polar surface area (TPSA) is 66.9 Å². The van der Waals surface area contributed by atoms with E-state index < -0.39 is 5.97 Å². The van der Waals surface area contributed by atoms with Crippen LogP contribution in [0.5, 0.6) is 0 Å². The van der Waals surface area contributed by atoms with Gasteiger partial charge in [-0.1, -0.05) is 43.7 Å². The van der Waals surface area contributed by atoms with E-state index in [1.54, 1.807) is 0 Å². The first kappa shape index (κ1) is 24.6. The Labute approximate surface area is 189 Å². The number of ether oxygens (including phenoxy) is 1. The number of hydrogen-bond donors (Lipinski definition) is 0. The number of benzene rings is 2. The lowest BCUT2D eigenvalue weighted by Gasteiger charge is -2.20. The number of fused-ring (bicyclic) bond motifs is 1. The highest BCUT2D eigenvalue weighted by atomic mass is 35.5. The molecule has 0 saturated carbocycles. The van der Waals surface area contributed by atoms with Crippen LogP contribution in [0.15, 0.2) is 48.5 Å². The monoisotopic (exact) mass is 444 g/mol. The van der Waals surface area contributed by atoms with Crippen molar-refractivity contribution in [2.45, 2.75) is 32.7 Å². The molecule has 1 heterocycles. The number of halogens is 1. The van der Waals surface area contributed by atoms with Crippen LogP contribution in [0.4, 0.5) is 0 Å². The lowest BCUT2D eigenvalue weighted by Crippen LogP contribution is -2.31. The van der Waals surface area contributed by atoms with Gasteiger partial charge in [0.1, 0.15) is 0 Å². The maximum Gasteiger partial charge on any atom is 0.337 e. The molecule has 6 nitrogen and oxygen atoms in total. The number of nitrogens with zero attached hydrogens (tertiary/aromatic N) is 2. The smallest absolute Gasteiger partial charge is 0.337 e. The fourth-order valence-electron chi connectivity index (χ4n) is 3.71. The van der Waals surface area contributed by atoms with Crippen LogP contribution >= 0.6 is 12.4 Å². The maximum absolute atomic E-state index is 12.6. The Morgan fingerprint density at radius 2 is 1.68 bits per heavy atom. The van der Waals surface area contributed by atoms with Crippen molar-refractivity contribution in [1.29, 1.82) is 0 Å². The second-order valence-corrected chi connectivity index (χ2v) is 7.43. The Balaban J connectivity index is 0.00000341. The lowest BCUT2D eigenvalue weighted by molar-refractivity contribution is 0.0599. The third-order valence-corrected chi connectivity index (χ3v) is 5.44. The highest BCUT2D eigenvalue weighted by molar-refractivity contribution is 6.21. The summed E-state index contributed by atoms with van der Waals surface area (Å²) in [6.07, 6.45) is 2.71. The summed E-state index contributed by atoms with van der Waals surface area (Å²) in [6, 6.07) is 14.9. The molecule has 3 rings (SSSR count). The van der Waals surface area contributed by atoms with Crippen LogP contribution in [-0.4, -0.2) is 54.3 Å². The Hall–Kier alpha value is -2.70. The van der Waals surface area contributed by atoms with Crippen LogP contribution in [0.2, 0.25) is 0 Å². The van der Waals surface area contributed by atoms with Crippen LogP contribution in [0.3, 0.4) is 0 Å². The average molecular weight is 445 g/mol. The van der Waals surface area contributed by atoms with Crippen molar-refractivity contribution >= 4 is 30.2 Å². The summed E-state index contributed by atoms with van der Waals surface area (Å²) in [6.45, 7) is 5.44. The fraction of sp³-hybridized carbons (Fsp3) is 0.375. The van der Waals surface area contributed by atoms with Crippen molar-refractivity contribution in [3.63, 3.8) is 0 Å². The highest BCUT2D eigenvalue weighted by Crippen LogP contribution is 2.25. The number of hydrogen-bond acceptors (Lipinski definition) is 5. The first-order chi connectivity index (χ1) is 14.5. The Bertz CT molecular complexity index is 917. The highest BCUT2D eigenvalue weighted by Gasteiger charge is 2.35. The normalized spacial score (nSPS) is 12.7. The van der Waals surface area contributed by atoms with Crippen LogP contribution in [0.1, 0.15) is 62.8 Å². The zero-order valence-corrected chi connectivity index (χ0v) is 18.8. The van der Waals surface area contributed by atoms with Gasteiger partial charge in [0.05, 0.1) is 23.8 Å². The Morgan fingerprint density at radius 3 is 2.35 bits per heavy atom. The molecule has 0 aromatic heterocycles. The molecule has 2 amide bonds. The van der Waals surface area contributed by atoms with Crippen molar-refractivity contribution in [3.05, 3.63) is 70.8 Å². The molecule has 0 saturated heterocycles. The first-order valence-corrected chi connectivity index (χ1v) is 10.4. The van der Waals surface area contributed by atoms with Gasteiger partial charge in [-0.05, 0) is 49.7 Å². The largest absolute Gasteiger partial charge is 0.465 e. The zero-order valence-electron chi connectivity index (χ0n) is 18.0. The van der Waals surface area contributed by atoms with Crippen LogP contribution < -0.4 is 0 Å². The molecular formula is C24H29ClN2O4. The minimum Gasteiger partial charge on any atom is -0.465 e. The van der Waals surface area contributed by atoms with E-state index in [9.17, 15) is 14.4 Å². The number of imide groups is 1. The average Bonchev–Trinajstić information content (AvgIpc) is 3.02. The number of amides is 2. The van der Waals surface area contributed by atoms with Gasteiger partial charge in [0.15, 0.2) is 0 Å². The molecule has 166 valence electrons. The first-order valence-electron chi connectivity index (χ1n) is 10.4. The Kier molecular flexibility index (Phi) is 9.21. The zero-order chi connectivity index (χ0) is 21.5. The minimum atomic E-state index is -0.521. The molecule has 0 fully saturated rings. The van der Waals surface area contributed by atoms with Crippen LogP contribution in [-0.2, 0) is 11.3 Å².